The number of thioether (sulfide) groups is 2. The van der Waals surface area contributed by atoms with Crippen LogP contribution in [0.5, 0.6) is 0 Å². The molecule has 3 heterocycles. The van der Waals surface area contributed by atoms with Crippen LogP contribution in [0.4, 0.5) is 5.13 Å². The van der Waals surface area contributed by atoms with Crippen molar-refractivity contribution in [1.29, 1.82) is 0 Å². The number of nitrogen functional groups attached to an aromatic ring is 1. The summed E-state index contributed by atoms with van der Waals surface area (Å²) in [5, 5.41) is 30.6. The van der Waals surface area contributed by atoms with Crippen molar-refractivity contribution in [3.8, 4) is 0 Å². The van der Waals surface area contributed by atoms with Crippen LogP contribution in [0, 0.1) is 0 Å². The highest BCUT2D eigenvalue weighted by Gasteiger charge is 2.54. The number of thiazole rings is 1. The SMILES string of the molecule is CO/N=C/C(=C\SC1=C(C(=O)O)N2C(=O)C(NC(=O)/C(=N\O)c3csc(N)n3)[C@H]2SC1)CN. The standard InChI is InChI=1S/C17H19N7O6S3/c1-30-20-3-7(2-18)4-31-9-6-32-15-11(14(26)24(15)12(9)16(27)28)22-13(25)10(23-29)8-5-33-17(19)21-8/h3-5,11,15,29H,2,6,18H2,1H3,(H2,19,21)(H,22,25)(H,27,28)/b7-4-,20-3+,23-10-/t11?,15-/m1/s1. The number of aromatic nitrogens is 1. The molecule has 2 aliphatic rings. The van der Waals surface area contributed by atoms with Gasteiger partial charge in [-0.3, -0.25) is 14.5 Å². The van der Waals surface area contributed by atoms with E-state index in [0.29, 0.717) is 10.5 Å². The molecule has 1 aromatic heterocycles. The van der Waals surface area contributed by atoms with E-state index in [9.17, 15) is 24.7 Å². The molecular formula is C17H19N7O6S3. The minimum Gasteiger partial charge on any atom is -0.477 e. The molecule has 33 heavy (non-hydrogen) atoms. The number of anilines is 1. The summed E-state index contributed by atoms with van der Waals surface area (Å²) in [6.07, 6.45) is 1.41. The Hall–Kier alpha value is -3.08. The first-order valence-electron chi connectivity index (χ1n) is 9.10. The van der Waals surface area contributed by atoms with Crippen LogP contribution in [0.15, 0.2) is 37.3 Å². The number of β-lactam (4-membered cyclic amide) rings is 1. The molecule has 1 unspecified atom stereocenters. The van der Waals surface area contributed by atoms with Crippen LogP contribution < -0.4 is 16.8 Å². The Balaban J connectivity index is 1.76. The van der Waals surface area contributed by atoms with Gasteiger partial charge in [0.1, 0.15) is 29.9 Å². The summed E-state index contributed by atoms with van der Waals surface area (Å²) >= 11 is 3.46. The van der Waals surface area contributed by atoms with Crippen LogP contribution in [-0.2, 0) is 19.2 Å². The average molecular weight is 514 g/mol. The van der Waals surface area contributed by atoms with Crippen molar-refractivity contribution in [3.05, 3.63) is 32.7 Å². The Morgan fingerprint density at radius 1 is 1.52 bits per heavy atom. The number of carboxylic acids is 1. The second-order valence-corrected chi connectivity index (χ2v) is 9.35. The van der Waals surface area contributed by atoms with Crippen LogP contribution in [-0.4, -0.2) is 80.7 Å². The quantitative estimate of drug-likeness (QED) is 0.127. The lowest BCUT2D eigenvalue weighted by Gasteiger charge is -2.49. The summed E-state index contributed by atoms with van der Waals surface area (Å²) in [5.41, 5.74) is 11.3. The monoisotopic (exact) mass is 513 g/mol. The van der Waals surface area contributed by atoms with Crippen molar-refractivity contribution in [2.45, 2.75) is 11.4 Å². The van der Waals surface area contributed by atoms with E-state index < -0.39 is 34.9 Å². The molecule has 2 amide bonds. The van der Waals surface area contributed by atoms with Crippen molar-refractivity contribution in [1.82, 2.24) is 15.2 Å². The highest BCUT2D eigenvalue weighted by molar-refractivity contribution is 8.08. The second kappa shape index (κ2) is 10.7. The molecule has 1 aromatic rings. The average Bonchev–Trinajstić information content (AvgIpc) is 3.22. The van der Waals surface area contributed by atoms with Crippen molar-refractivity contribution >= 4 is 69.7 Å². The van der Waals surface area contributed by atoms with Gasteiger partial charge in [0, 0.05) is 22.6 Å². The molecule has 0 aliphatic carbocycles. The number of rotatable bonds is 9. The van der Waals surface area contributed by atoms with Gasteiger partial charge in [-0.15, -0.1) is 23.1 Å². The third-order valence-corrected chi connectivity index (χ3v) is 7.59. The van der Waals surface area contributed by atoms with Gasteiger partial charge >= 0.3 is 5.97 Å². The van der Waals surface area contributed by atoms with E-state index in [1.165, 1.54) is 30.5 Å². The van der Waals surface area contributed by atoms with Gasteiger partial charge in [-0.1, -0.05) is 22.1 Å². The number of amides is 2. The van der Waals surface area contributed by atoms with E-state index in [2.05, 4.69) is 25.4 Å². The van der Waals surface area contributed by atoms with Crippen molar-refractivity contribution in [3.63, 3.8) is 0 Å². The number of hydrogen-bond donors (Lipinski definition) is 5. The zero-order chi connectivity index (χ0) is 24.1. The number of aliphatic carboxylic acids is 1. The van der Waals surface area contributed by atoms with Gasteiger partial charge in [-0.05, 0) is 11.0 Å². The van der Waals surface area contributed by atoms with Crippen LogP contribution in [0.25, 0.3) is 0 Å². The molecule has 0 saturated carbocycles. The first-order chi connectivity index (χ1) is 15.8. The Morgan fingerprint density at radius 3 is 2.85 bits per heavy atom. The van der Waals surface area contributed by atoms with Gasteiger partial charge in [-0.25, -0.2) is 9.78 Å². The number of fused-ring (bicyclic) bond motifs is 1. The van der Waals surface area contributed by atoms with Crippen LogP contribution in [0.3, 0.4) is 0 Å². The topological polar surface area (TPSA) is 206 Å². The number of carboxylic acid groups (broad SMARTS) is 1. The maximum atomic E-state index is 12.8. The Bertz CT molecular complexity index is 1080. The number of oxime groups is 2. The number of nitrogens with one attached hydrogen (secondary N) is 1. The number of carbonyl (C=O) groups is 3. The summed E-state index contributed by atoms with van der Waals surface area (Å²) in [5.74, 6) is -2.43. The molecule has 16 heteroatoms. The summed E-state index contributed by atoms with van der Waals surface area (Å²) in [6.45, 7) is 0.154. The Kier molecular flexibility index (Phi) is 7.96. The predicted octanol–water partition coefficient (Wildman–Crippen LogP) is -0.192. The predicted molar refractivity (Wildman–Crippen MR) is 125 cm³/mol. The van der Waals surface area contributed by atoms with Gasteiger partial charge in [-0.2, -0.15) is 0 Å². The lowest BCUT2D eigenvalue weighted by Crippen LogP contribution is -2.71. The van der Waals surface area contributed by atoms with Gasteiger partial charge in [0.25, 0.3) is 11.8 Å². The molecule has 0 radical (unpaired) electrons. The smallest absolute Gasteiger partial charge is 0.353 e. The molecule has 2 atom stereocenters. The first kappa shape index (κ1) is 24.6. The molecule has 0 aromatic carbocycles. The fourth-order valence-corrected chi connectivity index (χ4v) is 5.86. The molecule has 3 rings (SSSR count). The molecule has 0 bridgehead atoms. The molecule has 2 aliphatic heterocycles. The first-order valence-corrected chi connectivity index (χ1v) is 11.9. The maximum absolute atomic E-state index is 12.8. The minimum absolute atomic E-state index is 0.0572. The van der Waals surface area contributed by atoms with Crippen molar-refractivity contribution in [2.24, 2.45) is 16.0 Å². The van der Waals surface area contributed by atoms with Gasteiger partial charge in [0.15, 0.2) is 10.8 Å². The third kappa shape index (κ3) is 5.13. The lowest BCUT2D eigenvalue weighted by atomic mass is 10.0. The normalized spacial score (nSPS) is 21.2. The molecule has 1 fully saturated rings. The minimum atomic E-state index is -1.27. The second-order valence-electron chi connectivity index (χ2n) is 6.39. The zero-order valence-electron chi connectivity index (χ0n) is 17.0. The summed E-state index contributed by atoms with van der Waals surface area (Å²) in [7, 11) is 1.38. The van der Waals surface area contributed by atoms with E-state index in [1.807, 2.05) is 0 Å². The van der Waals surface area contributed by atoms with Gasteiger partial charge in [0.2, 0.25) is 0 Å². The number of nitrogens with two attached hydrogens (primary N) is 2. The molecule has 7 N–H and O–H groups in total. The molecule has 176 valence electrons. The highest BCUT2D eigenvalue weighted by atomic mass is 32.2. The molecule has 1 saturated heterocycles. The summed E-state index contributed by atoms with van der Waals surface area (Å²) in [4.78, 5) is 47.3. The molecule has 0 spiro atoms. The van der Waals surface area contributed by atoms with E-state index in [4.69, 9.17) is 11.5 Å². The fourth-order valence-electron chi connectivity index (χ4n) is 2.90. The van der Waals surface area contributed by atoms with Crippen molar-refractivity contribution < 1.29 is 29.5 Å². The largest absolute Gasteiger partial charge is 0.477 e. The molecular weight excluding hydrogens is 494 g/mol. The van der Waals surface area contributed by atoms with Crippen molar-refractivity contribution in [2.75, 3.05) is 25.1 Å². The molecule has 13 nitrogen and oxygen atoms in total. The number of hydrogen-bond acceptors (Lipinski definition) is 13. The summed E-state index contributed by atoms with van der Waals surface area (Å²) < 4.78 is 0. The fraction of sp³-hybridized carbons (Fsp3) is 0.294. The van der Waals surface area contributed by atoms with E-state index in [-0.39, 0.29) is 28.8 Å². The van der Waals surface area contributed by atoms with E-state index >= 15 is 0 Å². The summed E-state index contributed by atoms with van der Waals surface area (Å²) in [6, 6.07) is -1.000. The van der Waals surface area contributed by atoms with Crippen LogP contribution in [0.2, 0.25) is 0 Å². The highest BCUT2D eigenvalue weighted by Crippen LogP contribution is 2.43. The number of carbonyl (C=O) groups excluding carboxylic acids is 2. The maximum Gasteiger partial charge on any atom is 0.353 e. The van der Waals surface area contributed by atoms with E-state index in [1.54, 1.807) is 5.41 Å². The Labute approximate surface area is 199 Å². The van der Waals surface area contributed by atoms with E-state index in [0.717, 1.165) is 28.0 Å². The van der Waals surface area contributed by atoms with Gasteiger partial charge < -0.3 is 31.9 Å². The van der Waals surface area contributed by atoms with Gasteiger partial charge in [0.05, 0.1) is 6.21 Å². The zero-order valence-corrected chi connectivity index (χ0v) is 19.4. The lowest BCUT2D eigenvalue weighted by molar-refractivity contribution is -0.150. The van der Waals surface area contributed by atoms with Crippen LogP contribution in [0.1, 0.15) is 5.69 Å². The third-order valence-electron chi connectivity index (χ3n) is 4.41. The number of nitrogens with zero attached hydrogens (tertiary/aromatic N) is 4. The van der Waals surface area contributed by atoms with Crippen LogP contribution >= 0.6 is 34.9 Å². The Morgan fingerprint density at radius 2 is 2.27 bits per heavy atom.